The summed E-state index contributed by atoms with van der Waals surface area (Å²) in [6, 6.07) is 7.97. The van der Waals surface area contributed by atoms with Gasteiger partial charge in [0.15, 0.2) is 0 Å². The lowest BCUT2D eigenvalue weighted by Gasteiger charge is -2.28. The molecule has 2 rings (SSSR count). The molecule has 0 fully saturated rings. The van der Waals surface area contributed by atoms with E-state index in [9.17, 15) is 15.0 Å². The Morgan fingerprint density at radius 2 is 1.44 bits per heavy atom. The zero-order valence-electron chi connectivity index (χ0n) is 16.8. The Hall–Kier alpha value is -2.69. The van der Waals surface area contributed by atoms with Crippen molar-refractivity contribution < 1.29 is 24.9 Å². The normalized spacial score (nSPS) is 12.1. The average molecular weight is 372 g/mol. The molecule has 0 aliphatic heterocycles. The van der Waals surface area contributed by atoms with Gasteiger partial charge in [0.2, 0.25) is 0 Å². The Bertz CT molecular complexity index is 819. The summed E-state index contributed by atoms with van der Waals surface area (Å²) in [7, 11) is 0. The first-order chi connectivity index (χ1) is 12.3. The van der Waals surface area contributed by atoms with Gasteiger partial charge < -0.3 is 20.1 Å². The molecular formula is C22H28O5. The van der Waals surface area contributed by atoms with Crippen LogP contribution in [0.1, 0.15) is 68.6 Å². The van der Waals surface area contributed by atoms with Crippen LogP contribution < -0.4 is 4.74 Å². The van der Waals surface area contributed by atoms with Gasteiger partial charge in [-0.2, -0.15) is 0 Å². The Kier molecular flexibility index (Phi) is 5.45. The standard InChI is InChI=1S/C22H28O5/c1-21(2,3)16-9-13(10-17(19(16)24)22(4,5)6)12-27-14-7-8-15(20(25)26)18(23)11-14/h7-11,23-24H,12H2,1-6H3,(H,25,26). The quantitative estimate of drug-likeness (QED) is 0.705. The van der Waals surface area contributed by atoms with Crippen LogP contribution in [0, 0.1) is 0 Å². The van der Waals surface area contributed by atoms with Gasteiger partial charge >= 0.3 is 5.97 Å². The van der Waals surface area contributed by atoms with Gasteiger partial charge in [-0.25, -0.2) is 4.79 Å². The number of hydrogen-bond acceptors (Lipinski definition) is 4. The minimum absolute atomic E-state index is 0.169. The number of phenols is 2. The van der Waals surface area contributed by atoms with Crippen LogP contribution in [0.25, 0.3) is 0 Å². The number of rotatable bonds is 4. The minimum Gasteiger partial charge on any atom is -0.507 e. The molecule has 0 bridgehead atoms. The summed E-state index contributed by atoms with van der Waals surface area (Å²) in [6.07, 6.45) is 0. The molecule has 27 heavy (non-hydrogen) atoms. The predicted octanol–water partition coefficient (Wildman–Crippen LogP) is 4.97. The van der Waals surface area contributed by atoms with Crippen molar-refractivity contribution in [3.63, 3.8) is 0 Å². The fraction of sp³-hybridized carbons (Fsp3) is 0.409. The van der Waals surface area contributed by atoms with Crippen LogP contribution in [0.2, 0.25) is 0 Å². The molecule has 5 nitrogen and oxygen atoms in total. The van der Waals surface area contributed by atoms with Crippen LogP contribution in [-0.4, -0.2) is 21.3 Å². The summed E-state index contributed by atoms with van der Waals surface area (Å²) in [5, 5.41) is 29.5. The third kappa shape index (κ3) is 4.73. The van der Waals surface area contributed by atoms with Gasteiger partial charge in [-0.05, 0) is 51.8 Å². The molecule has 0 aliphatic carbocycles. The highest BCUT2D eigenvalue weighted by molar-refractivity contribution is 5.90. The maximum Gasteiger partial charge on any atom is 0.339 e. The van der Waals surface area contributed by atoms with E-state index in [0.717, 1.165) is 16.7 Å². The van der Waals surface area contributed by atoms with E-state index >= 15 is 0 Å². The third-order valence-corrected chi connectivity index (χ3v) is 4.39. The molecule has 3 N–H and O–H groups in total. The smallest absolute Gasteiger partial charge is 0.339 e. The van der Waals surface area contributed by atoms with E-state index in [2.05, 4.69) is 0 Å². The number of carboxylic acid groups (broad SMARTS) is 1. The summed E-state index contributed by atoms with van der Waals surface area (Å²) < 4.78 is 5.75. The molecule has 0 unspecified atom stereocenters. The van der Waals surface area contributed by atoms with Gasteiger partial charge in [0, 0.05) is 6.07 Å². The maximum atomic E-state index is 11.0. The van der Waals surface area contributed by atoms with Crippen LogP contribution in [0.3, 0.4) is 0 Å². The van der Waals surface area contributed by atoms with E-state index in [-0.39, 0.29) is 28.7 Å². The molecule has 0 aromatic heterocycles. The molecule has 146 valence electrons. The summed E-state index contributed by atoms with van der Waals surface area (Å²) in [5.41, 5.74) is 1.94. The second-order valence-corrected chi connectivity index (χ2v) is 8.81. The first-order valence-corrected chi connectivity index (χ1v) is 8.86. The molecule has 0 amide bonds. The van der Waals surface area contributed by atoms with Gasteiger partial charge in [0.1, 0.15) is 29.4 Å². The lowest BCUT2D eigenvalue weighted by Crippen LogP contribution is -2.18. The summed E-state index contributed by atoms with van der Waals surface area (Å²) in [5.74, 6) is -0.846. The maximum absolute atomic E-state index is 11.0. The van der Waals surface area contributed by atoms with Gasteiger partial charge in [-0.1, -0.05) is 41.5 Å². The van der Waals surface area contributed by atoms with Crippen molar-refractivity contribution >= 4 is 5.97 Å². The summed E-state index contributed by atoms with van der Waals surface area (Å²) >= 11 is 0. The summed E-state index contributed by atoms with van der Waals surface area (Å²) in [6.45, 7) is 12.5. The Balaban J connectivity index is 2.36. The number of carbonyl (C=O) groups is 1. The molecule has 0 spiro atoms. The van der Waals surface area contributed by atoms with Crippen molar-refractivity contribution in [3.8, 4) is 17.2 Å². The van der Waals surface area contributed by atoms with Crippen LogP contribution >= 0.6 is 0 Å². The number of carboxylic acids is 1. The monoisotopic (exact) mass is 372 g/mol. The van der Waals surface area contributed by atoms with Crippen LogP contribution in [0.15, 0.2) is 30.3 Å². The van der Waals surface area contributed by atoms with Crippen molar-refractivity contribution in [2.24, 2.45) is 0 Å². The zero-order chi connectivity index (χ0) is 20.6. The number of ether oxygens (including phenoxy) is 1. The van der Waals surface area contributed by atoms with E-state index in [1.54, 1.807) is 0 Å². The second-order valence-electron chi connectivity index (χ2n) is 8.81. The molecule has 0 aliphatic rings. The Morgan fingerprint density at radius 3 is 1.85 bits per heavy atom. The molecule has 0 heterocycles. The fourth-order valence-corrected chi connectivity index (χ4v) is 2.87. The Morgan fingerprint density at radius 1 is 0.926 bits per heavy atom. The predicted molar refractivity (Wildman–Crippen MR) is 105 cm³/mol. The molecule has 2 aromatic carbocycles. The number of aromatic carboxylic acids is 1. The molecule has 0 saturated carbocycles. The summed E-state index contributed by atoms with van der Waals surface area (Å²) in [4.78, 5) is 11.0. The second kappa shape index (κ2) is 7.14. The lowest BCUT2D eigenvalue weighted by atomic mass is 9.78. The van der Waals surface area contributed by atoms with Crippen LogP contribution in [0.4, 0.5) is 0 Å². The fourth-order valence-electron chi connectivity index (χ4n) is 2.87. The number of phenolic OH excluding ortho intramolecular Hbond substituents is 1. The lowest BCUT2D eigenvalue weighted by molar-refractivity contribution is 0.0693. The van der Waals surface area contributed by atoms with Crippen LogP contribution in [0.5, 0.6) is 17.2 Å². The molecule has 5 heteroatoms. The van der Waals surface area contributed by atoms with E-state index in [1.165, 1.54) is 18.2 Å². The first kappa shape index (κ1) is 20.6. The van der Waals surface area contributed by atoms with Gasteiger partial charge in [-0.3, -0.25) is 0 Å². The highest BCUT2D eigenvalue weighted by Gasteiger charge is 2.26. The number of benzene rings is 2. The number of aromatic hydroxyl groups is 2. The minimum atomic E-state index is -1.19. The van der Waals surface area contributed by atoms with Crippen molar-refractivity contribution in [2.75, 3.05) is 0 Å². The highest BCUT2D eigenvalue weighted by Crippen LogP contribution is 2.40. The third-order valence-electron chi connectivity index (χ3n) is 4.39. The van der Waals surface area contributed by atoms with Crippen molar-refractivity contribution in [3.05, 3.63) is 52.6 Å². The Labute approximate surface area is 160 Å². The van der Waals surface area contributed by atoms with Gasteiger partial charge in [-0.15, -0.1) is 0 Å². The van der Waals surface area contributed by atoms with E-state index in [0.29, 0.717) is 11.5 Å². The number of hydrogen-bond donors (Lipinski definition) is 3. The first-order valence-electron chi connectivity index (χ1n) is 8.86. The van der Waals surface area contributed by atoms with Crippen molar-refractivity contribution in [1.82, 2.24) is 0 Å². The van der Waals surface area contributed by atoms with Crippen LogP contribution in [-0.2, 0) is 17.4 Å². The van der Waals surface area contributed by atoms with Crippen molar-refractivity contribution in [1.29, 1.82) is 0 Å². The average Bonchev–Trinajstić information content (AvgIpc) is 2.51. The van der Waals surface area contributed by atoms with Gasteiger partial charge in [0.05, 0.1) is 0 Å². The molecule has 0 saturated heterocycles. The largest absolute Gasteiger partial charge is 0.507 e. The molecular weight excluding hydrogens is 344 g/mol. The SMILES string of the molecule is CC(C)(C)c1cc(COc2ccc(C(=O)O)c(O)c2)cc(C(C)(C)C)c1O. The molecule has 0 atom stereocenters. The van der Waals surface area contributed by atoms with E-state index in [1.807, 2.05) is 53.7 Å². The molecule has 2 aromatic rings. The van der Waals surface area contributed by atoms with Gasteiger partial charge in [0.25, 0.3) is 0 Å². The highest BCUT2D eigenvalue weighted by atomic mass is 16.5. The molecule has 0 radical (unpaired) electrons. The topological polar surface area (TPSA) is 87.0 Å². The van der Waals surface area contributed by atoms with Crippen molar-refractivity contribution in [2.45, 2.75) is 59.0 Å². The van der Waals surface area contributed by atoms with E-state index in [4.69, 9.17) is 9.84 Å². The van der Waals surface area contributed by atoms with E-state index < -0.39 is 5.97 Å². The zero-order valence-corrected chi connectivity index (χ0v) is 16.8.